The summed E-state index contributed by atoms with van der Waals surface area (Å²) in [7, 11) is 3.00. The van der Waals surface area contributed by atoms with Gasteiger partial charge >= 0.3 is 5.69 Å². The van der Waals surface area contributed by atoms with Crippen LogP contribution in [0.2, 0.25) is 0 Å². The van der Waals surface area contributed by atoms with Crippen molar-refractivity contribution in [2.75, 3.05) is 12.4 Å². The number of aliphatic hydroxyl groups excluding tert-OH is 1. The number of aromatic nitrogens is 4. The number of imidazole rings is 1. The molecule has 2 heterocycles. The maximum atomic E-state index is 12.7. The van der Waals surface area contributed by atoms with E-state index in [0.29, 0.717) is 16.7 Å². The molecule has 3 aromatic rings. The average Bonchev–Trinajstić information content (AvgIpc) is 3.07. The number of nitrogens with zero attached hydrogens (tertiary/aromatic N) is 4. The van der Waals surface area contributed by atoms with Crippen molar-refractivity contribution >= 4 is 22.9 Å². The molecule has 9 heteroatoms. The predicted octanol–water partition coefficient (Wildman–Crippen LogP) is 1.46. The fourth-order valence-electron chi connectivity index (χ4n) is 2.93. The molecule has 0 saturated heterocycles. The van der Waals surface area contributed by atoms with Gasteiger partial charge in [0.25, 0.3) is 5.56 Å². The lowest BCUT2D eigenvalue weighted by Crippen LogP contribution is -2.38. The molecule has 154 valence electrons. The highest BCUT2D eigenvalue weighted by Crippen LogP contribution is 2.22. The van der Waals surface area contributed by atoms with Gasteiger partial charge in [-0.2, -0.15) is 0 Å². The van der Waals surface area contributed by atoms with E-state index in [1.54, 1.807) is 17.7 Å². The number of aryl methyl sites for hydroxylation is 2. The minimum Gasteiger partial charge on any atom is -0.491 e. The van der Waals surface area contributed by atoms with Crippen molar-refractivity contribution in [1.82, 2.24) is 18.7 Å². The molecular formula is C20H24N4O4S. The number of aliphatic hydroxyl groups is 1. The molecule has 0 bridgehead atoms. The maximum absolute atomic E-state index is 12.7. The van der Waals surface area contributed by atoms with Crippen LogP contribution in [0.25, 0.3) is 11.2 Å². The van der Waals surface area contributed by atoms with Crippen molar-refractivity contribution in [2.45, 2.75) is 24.7 Å². The number of thioether (sulfide) groups is 1. The van der Waals surface area contributed by atoms with Crippen LogP contribution >= 0.6 is 11.8 Å². The van der Waals surface area contributed by atoms with Crippen LogP contribution in [0, 0.1) is 6.92 Å². The zero-order valence-corrected chi connectivity index (χ0v) is 17.5. The van der Waals surface area contributed by atoms with E-state index < -0.39 is 17.4 Å². The van der Waals surface area contributed by atoms with Crippen molar-refractivity contribution in [3.63, 3.8) is 0 Å². The van der Waals surface area contributed by atoms with Crippen LogP contribution < -0.4 is 16.0 Å². The van der Waals surface area contributed by atoms with Gasteiger partial charge < -0.3 is 14.4 Å². The first kappa shape index (κ1) is 20.9. The fraction of sp³-hybridized carbons (Fsp3) is 0.350. The van der Waals surface area contributed by atoms with Gasteiger partial charge in [-0.15, -0.1) is 6.58 Å². The highest BCUT2D eigenvalue weighted by molar-refractivity contribution is 7.99. The van der Waals surface area contributed by atoms with Crippen LogP contribution in [-0.4, -0.2) is 42.3 Å². The first-order chi connectivity index (χ1) is 13.8. The predicted molar refractivity (Wildman–Crippen MR) is 114 cm³/mol. The Bertz CT molecular complexity index is 1140. The molecule has 0 amide bonds. The first-order valence-electron chi connectivity index (χ1n) is 9.11. The van der Waals surface area contributed by atoms with Crippen molar-refractivity contribution < 1.29 is 9.84 Å². The van der Waals surface area contributed by atoms with Gasteiger partial charge in [0.2, 0.25) is 0 Å². The summed E-state index contributed by atoms with van der Waals surface area (Å²) in [6.07, 6.45) is 0.848. The van der Waals surface area contributed by atoms with E-state index in [1.807, 2.05) is 31.2 Å². The van der Waals surface area contributed by atoms with Crippen molar-refractivity contribution in [3.05, 3.63) is 63.3 Å². The van der Waals surface area contributed by atoms with E-state index in [1.165, 1.54) is 23.4 Å². The number of fused-ring (bicyclic) bond motifs is 1. The van der Waals surface area contributed by atoms with Gasteiger partial charge in [0, 0.05) is 19.8 Å². The summed E-state index contributed by atoms with van der Waals surface area (Å²) in [5, 5.41) is 11.1. The normalized spacial score (nSPS) is 12.3. The van der Waals surface area contributed by atoms with Gasteiger partial charge in [-0.3, -0.25) is 13.9 Å². The minimum absolute atomic E-state index is 0.0559. The number of ether oxygens (including phenoxy) is 1. The molecule has 0 saturated carbocycles. The molecule has 0 aliphatic rings. The summed E-state index contributed by atoms with van der Waals surface area (Å²) in [5.41, 5.74) is 0.781. The van der Waals surface area contributed by atoms with E-state index in [4.69, 9.17) is 4.74 Å². The Morgan fingerprint density at radius 2 is 1.93 bits per heavy atom. The van der Waals surface area contributed by atoms with E-state index in [9.17, 15) is 14.7 Å². The molecule has 3 rings (SSSR count). The van der Waals surface area contributed by atoms with E-state index >= 15 is 0 Å². The Morgan fingerprint density at radius 1 is 1.24 bits per heavy atom. The largest absolute Gasteiger partial charge is 0.491 e. The van der Waals surface area contributed by atoms with E-state index in [-0.39, 0.29) is 24.3 Å². The summed E-state index contributed by atoms with van der Waals surface area (Å²) in [5.74, 6) is 1.23. The third kappa shape index (κ3) is 4.30. The van der Waals surface area contributed by atoms with Gasteiger partial charge in [0.15, 0.2) is 16.3 Å². The zero-order valence-electron chi connectivity index (χ0n) is 16.7. The summed E-state index contributed by atoms with van der Waals surface area (Å²) >= 11 is 1.38. The van der Waals surface area contributed by atoms with Crippen molar-refractivity contribution in [2.24, 2.45) is 14.1 Å². The van der Waals surface area contributed by atoms with Crippen molar-refractivity contribution in [1.29, 1.82) is 0 Å². The molecule has 1 aromatic carbocycles. The van der Waals surface area contributed by atoms with E-state index in [2.05, 4.69) is 11.6 Å². The third-order valence-electron chi connectivity index (χ3n) is 4.50. The lowest BCUT2D eigenvalue weighted by Gasteiger charge is -2.15. The van der Waals surface area contributed by atoms with Gasteiger partial charge in [-0.05, 0) is 19.1 Å². The first-order valence-corrected chi connectivity index (χ1v) is 10.1. The smallest absolute Gasteiger partial charge is 0.332 e. The number of hydrogen-bond acceptors (Lipinski definition) is 6. The molecule has 0 radical (unpaired) electrons. The van der Waals surface area contributed by atoms with Gasteiger partial charge in [-0.1, -0.05) is 35.5 Å². The number of benzene rings is 1. The molecule has 0 spiro atoms. The lowest BCUT2D eigenvalue weighted by atomic mass is 10.2. The van der Waals surface area contributed by atoms with Crippen LogP contribution in [-0.2, 0) is 20.6 Å². The highest BCUT2D eigenvalue weighted by Gasteiger charge is 2.21. The second kappa shape index (κ2) is 8.71. The average molecular weight is 417 g/mol. The standard InChI is InChI=1S/C20H24N4O4S/c1-5-10-29-19-21-17-16(18(26)23(4)20(27)22(17)3)24(19)11-14(25)12-28-15-8-6-13(2)7-9-15/h5-9,14,25H,1,10-12H2,2-4H3. The van der Waals surface area contributed by atoms with Crippen molar-refractivity contribution in [3.8, 4) is 5.75 Å². The Balaban J connectivity index is 1.93. The highest BCUT2D eigenvalue weighted by atomic mass is 32.2. The van der Waals surface area contributed by atoms with Crippen LogP contribution in [0.5, 0.6) is 5.75 Å². The Labute approximate surface area is 172 Å². The summed E-state index contributed by atoms with van der Waals surface area (Å²) in [6, 6.07) is 7.54. The quantitative estimate of drug-likeness (QED) is 0.442. The zero-order chi connectivity index (χ0) is 21.1. The molecule has 2 aromatic heterocycles. The topological polar surface area (TPSA) is 91.3 Å². The van der Waals surface area contributed by atoms with E-state index in [0.717, 1.165) is 10.1 Å². The van der Waals surface area contributed by atoms with Crippen LogP contribution in [0.15, 0.2) is 51.7 Å². The Hall–Kier alpha value is -2.78. The fourth-order valence-corrected chi connectivity index (χ4v) is 3.67. The maximum Gasteiger partial charge on any atom is 0.332 e. The third-order valence-corrected chi connectivity index (χ3v) is 5.47. The Kier molecular flexibility index (Phi) is 6.29. The molecule has 0 aliphatic heterocycles. The second-order valence-electron chi connectivity index (χ2n) is 6.76. The molecular weight excluding hydrogens is 392 g/mol. The molecule has 0 aliphatic carbocycles. The molecule has 1 unspecified atom stereocenters. The molecule has 29 heavy (non-hydrogen) atoms. The molecule has 1 N–H and O–H groups in total. The summed E-state index contributed by atoms with van der Waals surface area (Å²) in [4.78, 5) is 29.4. The molecule has 8 nitrogen and oxygen atoms in total. The van der Waals surface area contributed by atoms with Gasteiger partial charge in [-0.25, -0.2) is 9.78 Å². The number of rotatable bonds is 8. The van der Waals surface area contributed by atoms with Gasteiger partial charge in [0.05, 0.1) is 6.54 Å². The SMILES string of the molecule is C=CCSc1nc2c(c(=O)n(C)c(=O)n2C)n1CC(O)COc1ccc(C)cc1. The van der Waals surface area contributed by atoms with Crippen LogP contribution in [0.1, 0.15) is 5.56 Å². The van der Waals surface area contributed by atoms with Crippen LogP contribution in [0.4, 0.5) is 0 Å². The van der Waals surface area contributed by atoms with Crippen LogP contribution in [0.3, 0.4) is 0 Å². The monoisotopic (exact) mass is 416 g/mol. The number of hydrogen-bond donors (Lipinski definition) is 1. The molecule has 1 atom stereocenters. The molecule has 0 fully saturated rings. The summed E-state index contributed by atoms with van der Waals surface area (Å²) in [6.45, 7) is 5.85. The van der Waals surface area contributed by atoms with Gasteiger partial charge in [0.1, 0.15) is 18.5 Å². The second-order valence-corrected chi connectivity index (χ2v) is 7.75. The summed E-state index contributed by atoms with van der Waals surface area (Å²) < 4.78 is 9.68. The Morgan fingerprint density at radius 3 is 2.59 bits per heavy atom. The minimum atomic E-state index is -0.876. The lowest BCUT2D eigenvalue weighted by molar-refractivity contribution is 0.0913.